The molecule has 8 nitrogen and oxygen atoms in total. The number of fused-ring (bicyclic) bond motifs is 1. The Kier molecular flexibility index (Phi) is 5.17. The lowest BCUT2D eigenvalue weighted by atomic mass is 9.84. The van der Waals surface area contributed by atoms with E-state index in [1.54, 1.807) is 14.0 Å². The van der Waals surface area contributed by atoms with Crippen LogP contribution in [-0.2, 0) is 16.9 Å². The number of methoxy groups -OCH3 is 1. The second-order valence-corrected chi connectivity index (χ2v) is 9.15. The second kappa shape index (κ2) is 8.04. The number of H-pyrrole nitrogens is 1. The molecular weight excluding hydrogens is 418 g/mol. The van der Waals surface area contributed by atoms with Crippen LogP contribution in [0.5, 0.6) is 5.75 Å². The quantitative estimate of drug-likeness (QED) is 0.466. The molecule has 0 saturated heterocycles. The summed E-state index contributed by atoms with van der Waals surface area (Å²) in [6.45, 7) is 8.71. The van der Waals surface area contributed by atoms with Crippen molar-refractivity contribution < 1.29 is 14.1 Å². The molecule has 33 heavy (non-hydrogen) atoms. The maximum Gasteiger partial charge on any atom is 0.257 e. The number of ether oxygens (including phenoxy) is 1. The van der Waals surface area contributed by atoms with Crippen LogP contribution in [0.15, 0.2) is 53.1 Å². The summed E-state index contributed by atoms with van der Waals surface area (Å²) in [6, 6.07) is 15.7. The molecule has 1 aliphatic rings. The van der Waals surface area contributed by atoms with Gasteiger partial charge in [-0.3, -0.25) is 9.94 Å². The maximum absolute atomic E-state index is 6.29. The Morgan fingerprint density at radius 1 is 1.09 bits per heavy atom. The Labute approximate surface area is 192 Å². The van der Waals surface area contributed by atoms with Gasteiger partial charge in [0.2, 0.25) is 0 Å². The SMILES string of the molecule is COc1ccccc1C1c2c(C(C)(C)C)n[nH]c2CON1c1ccc(-c2nc(C)no2)cc1. The van der Waals surface area contributed by atoms with E-state index in [1.807, 2.05) is 47.5 Å². The highest BCUT2D eigenvalue weighted by molar-refractivity contribution is 5.61. The molecule has 2 aromatic carbocycles. The predicted molar refractivity (Wildman–Crippen MR) is 124 cm³/mol. The van der Waals surface area contributed by atoms with Gasteiger partial charge in [0.1, 0.15) is 18.4 Å². The highest BCUT2D eigenvalue weighted by Crippen LogP contribution is 2.45. The van der Waals surface area contributed by atoms with Gasteiger partial charge in [0.05, 0.1) is 24.2 Å². The monoisotopic (exact) mass is 445 g/mol. The zero-order chi connectivity index (χ0) is 23.2. The molecule has 170 valence electrons. The van der Waals surface area contributed by atoms with Crippen molar-refractivity contribution in [2.24, 2.45) is 0 Å². The lowest BCUT2D eigenvalue weighted by molar-refractivity contribution is 0.0633. The Bertz CT molecular complexity index is 1270. The molecule has 8 heteroatoms. The number of hydrogen-bond donors (Lipinski definition) is 1. The summed E-state index contributed by atoms with van der Waals surface area (Å²) < 4.78 is 11.0. The molecule has 1 N–H and O–H groups in total. The molecule has 0 saturated carbocycles. The van der Waals surface area contributed by atoms with Gasteiger partial charge in [0.15, 0.2) is 5.82 Å². The number of hydroxylamine groups is 1. The summed E-state index contributed by atoms with van der Waals surface area (Å²) in [5.41, 5.74) is 5.72. The fourth-order valence-corrected chi connectivity index (χ4v) is 4.25. The van der Waals surface area contributed by atoms with Gasteiger partial charge in [-0.2, -0.15) is 10.1 Å². The van der Waals surface area contributed by atoms with E-state index in [1.165, 1.54) is 0 Å². The highest BCUT2D eigenvalue weighted by Gasteiger charge is 2.39. The number of aryl methyl sites for hydroxylation is 1. The van der Waals surface area contributed by atoms with Crippen LogP contribution in [0.2, 0.25) is 0 Å². The van der Waals surface area contributed by atoms with Crippen LogP contribution in [0, 0.1) is 6.92 Å². The van der Waals surface area contributed by atoms with Crippen LogP contribution in [0.3, 0.4) is 0 Å². The number of nitrogens with one attached hydrogen (secondary N) is 1. The first-order valence-corrected chi connectivity index (χ1v) is 10.9. The van der Waals surface area contributed by atoms with Crippen LogP contribution in [0.25, 0.3) is 11.5 Å². The first-order valence-electron chi connectivity index (χ1n) is 10.9. The van der Waals surface area contributed by atoms with Crippen LogP contribution in [0.1, 0.15) is 55.2 Å². The standard InChI is InChI=1S/C25H27N5O3/c1-15-26-24(33-29-15)16-10-12-17(13-11-16)30-22(18-8-6-7-9-20(18)31-5)21-19(14-32-30)27-28-23(21)25(2,3)4/h6-13,22H,14H2,1-5H3,(H,27,28). The van der Waals surface area contributed by atoms with Crippen LogP contribution >= 0.6 is 0 Å². The first-order chi connectivity index (χ1) is 15.9. The summed E-state index contributed by atoms with van der Waals surface area (Å²) in [5.74, 6) is 1.89. The van der Waals surface area contributed by atoms with E-state index in [0.29, 0.717) is 18.3 Å². The summed E-state index contributed by atoms with van der Waals surface area (Å²) in [5, 5.41) is 13.7. The molecule has 4 aromatic rings. The minimum Gasteiger partial charge on any atom is -0.496 e. The van der Waals surface area contributed by atoms with Crippen molar-refractivity contribution in [2.45, 2.75) is 45.8 Å². The molecule has 1 aliphatic heterocycles. The van der Waals surface area contributed by atoms with Gasteiger partial charge in [-0.25, -0.2) is 5.06 Å². The van der Waals surface area contributed by atoms with Crippen LogP contribution in [0.4, 0.5) is 5.69 Å². The average Bonchev–Trinajstić information content (AvgIpc) is 3.45. The van der Waals surface area contributed by atoms with E-state index in [0.717, 1.165) is 39.5 Å². The minimum atomic E-state index is -0.241. The van der Waals surface area contributed by atoms with E-state index in [-0.39, 0.29) is 11.5 Å². The first kappa shape index (κ1) is 21.2. The number of benzene rings is 2. The van der Waals surface area contributed by atoms with E-state index < -0.39 is 0 Å². The average molecular weight is 446 g/mol. The molecule has 0 radical (unpaired) electrons. The number of aromatic amines is 1. The van der Waals surface area contributed by atoms with Gasteiger partial charge >= 0.3 is 0 Å². The van der Waals surface area contributed by atoms with Crippen molar-refractivity contribution in [2.75, 3.05) is 12.2 Å². The molecule has 0 aliphatic carbocycles. The smallest absolute Gasteiger partial charge is 0.257 e. The van der Waals surface area contributed by atoms with Gasteiger partial charge in [-0.1, -0.05) is 44.1 Å². The molecule has 1 atom stereocenters. The maximum atomic E-state index is 6.29. The Morgan fingerprint density at radius 2 is 1.85 bits per heavy atom. The minimum absolute atomic E-state index is 0.146. The van der Waals surface area contributed by atoms with Crippen molar-refractivity contribution >= 4 is 5.69 Å². The normalized spacial score (nSPS) is 16.0. The van der Waals surface area contributed by atoms with Gasteiger partial charge in [0, 0.05) is 22.1 Å². The number of hydrogen-bond acceptors (Lipinski definition) is 7. The molecule has 5 rings (SSSR count). The largest absolute Gasteiger partial charge is 0.496 e. The number of para-hydroxylation sites is 1. The van der Waals surface area contributed by atoms with Crippen molar-refractivity contribution in [1.29, 1.82) is 0 Å². The molecule has 0 amide bonds. The Morgan fingerprint density at radius 3 is 2.52 bits per heavy atom. The van der Waals surface area contributed by atoms with E-state index in [4.69, 9.17) is 14.1 Å². The van der Waals surface area contributed by atoms with E-state index >= 15 is 0 Å². The third-order valence-electron chi connectivity index (χ3n) is 5.78. The molecule has 1 unspecified atom stereocenters. The lowest BCUT2D eigenvalue weighted by Crippen LogP contribution is -2.35. The summed E-state index contributed by atoms with van der Waals surface area (Å²) in [7, 11) is 1.69. The van der Waals surface area contributed by atoms with Crippen molar-refractivity contribution in [1.82, 2.24) is 20.3 Å². The molecule has 0 spiro atoms. The van der Waals surface area contributed by atoms with Gasteiger partial charge < -0.3 is 9.26 Å². The van der Waals surface area contributed by atoms with Gasteiger partial charge in [0.25, 0.3) is 5.89 Å². The number of anilines is 1. The van der Waals surface area contributed by atoms with Crippen LogP contribution in [-0.4, -0.2) is 27.4 Å². The van der Waals surface area contributed by atoms with Gasteiger partial charge in [-0.05, 0) is 37.3 Å². The Hall–Kier alpha value is -3.65. The summed E-state index contributed by atoms with van der Waals surface area (Å²) >= 11 is 0. The highest BCUT2D eigenvalue weighted by atomic mass is 16.7. The third kappa shape index (κ3) is 3.76. The molecular formula is C25H27N5O3. The predicted octanol–water partition coefficient (Wildman–Crippen LogP) is 5.12. The van der Waals surface area contributed by atoms with Crippen LogP contribution < -0.4 is 9.80 Å². The zero-order valence-corrected chi connectivity index (χ0v) is 19.4. The molecule has 0 bridgehead atoms. The zero-order valence-electron chi connectivity index (χ0n) is 19.4. The van der Waals surface area contributed by atoms with Crippen molar-refractivity contribution in [3.8, 4) is 17.2 Å². The van der Waals surface area contributed by atoms with Gasteiger partial charge in [-0.15, -0.1) is 0 Å². The summed E-state index contributed by atoms with van der Waals surface area (Å²) in [6.07, 6.45) is 0. The number of rotatable bonds is 4. The molecule has 2 aromatic heterocycles. The second-order valence-electron chi connectivity index (χ2n) is 9.15. The number of aromatic nitrogens is 4. The van der Waals surface area contributed by atoms with Crippen molar-refractivity contribution in [3.63, 3.8) is 0 Å². The van der Waals surface area contributed by atoms with E-state index in [9.17, 15) is 0 Å². The fourth-order valence-electron chi connectivity index (χ4n) is 4.25. The topological polar surface area (TPSA) is 89.3 Å². The van der Waals surface area contributed by atoms with Crippen molar-refractivity contribution in [3.05, 3.63) is 76.9 Å². The lowest BCUT2D eigenvalue weighted by Gasteiger charge is -2.38. The third-order valence-corrected chi connectivity index (χ3v) is 5.78. The molecule has 0 fully saturated rings. The summed E-state index contributed by atoms with van der Waals surface area (Å²) in [4.78, 5) is 10.6. The fraction of sp³-hybridized carbons (Fsp3) is 0.320. The molecule has 3 heterocycles. The number of nitrogens with zero attached hydrogens (tertiary/aromatic N) is 4. The Balaban J connectivity index is 1.63. The van der Waals surface area contributed by atoms with E-state index in [2.05, 4.69) is 47.2 Å².